The average molecular weight is 252 g/mol. The zero-order valence-electron chi connectivity index (χ0n) is 11.2. The molecule has 0 radical (unpaired) electrons. The molecule has 0 spiro atoms. The van der Waals surface area contributed by atoms with Gasteiger partial charge in [-0.3, -0.25) is 9.48 Å². The normalized spacial score (nSPS) is 16.7. The maximum absolute atomic E-state index is 12.4. The number of rotatable bonds is 1. The molecule has 0 aliphatic heterocycles. The summed E-state index contributed by atoms with van der Waals surface area (Å²) in [6.07, 6.45) is 5.55. The largest absolute Gasteiger partial charge is 0.289 e. The molecule has 0 fully saturated rings. The molecule has 3 heteroatoms. The van der Waals surface area contributed by atoms with Crippen molar-refractivity contribution in [3.63, 3.8) is 0 Å². The molecule has 1 aromatic heterocycles. The number of Topliss-reactive ketones (excluding diaryl/α,β-unsaturated/α-hetero) is 1. The first-order valence-electron chi connectivity index (χ1n) is 6.48. The van der Waals surface area contributed by atoms with Gasteiger partial charge in [-0.2, -0.15) is 5.10 Å². The molecule has 0 saturated heterocycles. The number of aromatic nitrogens is 2. The summed E-state index contributed by atoms with van der Waals surface area (Å²) in [5, 5.41) is 4.21. The molecule has 1 heterocycles. The van der Waals surface area contributed by atoms with E-state index in [1.807, 2.05) is 55.2 Å². The average Bonchev–Trinajstić information content (AvgIpc) is 2.74. The maximum Gasteiger partial charge on any atom is 0.189 e. The molecule has 3 nitrogen and oxygen atoms in total. The quantitative estimate of drug-likeness (QED) is 0.731. The number of nitrogens with zero attached hydrogens (tertiary/aromatic N) is 2. The van der Waals surface area contributed by atoms with E-state index in [2.05, 4.69) is 5.10 Å². The first-order chi connectivity index (χ1) is 9.16. The van der Waals surface area contributed by atoms with Crippen LogP contribution in [0.15, 0.2) is 36.0 Å². The zero-order valence-corrected chi connectivity index (χ0v) is 11.2. The molecule has 0 unspecified atom stereocenters. The Balaban J connectivity index is 2.01. The number of fused-ring (bicyclic) bond motifs is 1. The summed E-state index contributed by atoms with van der Waals surface area (Å²) in [5.41, 5.74) is 5.01. The van der Waals surface area contributed by atoms with Gasteiger partial charge in [0, 0.05) is 29.4 Å². The lowest BCUT2D eigenvalue weighted by atomic mass is 9.86. The Morgan fingerprint density at radius 1 is 1.26 bits per heavy atom. The Kier molecular flexibility index (Phi) is 2.82. The summed E-state index contributed by atoms with van der Waals surface area (Å²) >= 11 is 0. The highest BCUT2D eigenvalue weighted by atomic mass is 16.1. The number of carbonyl (C=O) groups is 1. The van der Waals surface area contributed by atoms with Crippen LogP contribution in [0.2, 0.25) is 0 Å². The van der Waals surface area contributed by atoms with Crippen LogP contribution in [0.1, 0.15) is 33.6 Å². The first-order valence-corrected chi connectivity index (χ1v) is 6.48. The molecule has 0 bridgehead atoms. The van der Waals surface area contributed by atoms with Crippen LogP contribution in [-0.4, -0.2) is 15.6 Å². The molecule has 3 rings (SSSR count). The van der Waals surface area contributed by atoms with Gasteiger partial charge in [0.25, 0.3) is 0 Å². The Hall–Kier alpha value is -2.16. The number of hydrogen-bond donors (Lipinski definition) is 0. The number of carbonyl (C=O) groups excluding carboxylic acids is 1. The summed E-state index contributed by atoms with van der Waals surface area (Å²) < 4.78 is 1.83. The van der Waals surface area contributed by atoms with Crippen LogP contribution in [0.3, 0.4) is 0 Å². The Bertz CT molecular complexity index is 680. The highest BCUT2D eigenvalue weighted by Gasteiger charge is 2.21. The fraction of sp³-hybridized carbons (Fsp3) is 0.250. The van der Waals surface area contributed by atoms with Gasteiger partial charge < -0.3 is 0 Å². The predicted molar refractivity (Wildman–Crippen MR) is 75.0 cm³/mol. The first kappa shape index (κ1) is 11.9. The van der Waals surface area contributed by atoms with Crippen LogP contribution in [0, 0.1) is 6.92 Å². The monoisotopic (exact) mass is 252 g/mol. The van der Waals surface area contributed by atoms with E-state index < -0.39 is 0 Å². The number of hydrogen-bond acceptors (Lipinski definition) is 2. The number of allylic oxidation sites excluding steroid dienone is 1. The van der Waals surface area contributed by atoms with Crippen LogP contribution >= 0.6 is 0 Å². The predicted octanol–water partition coefficient (Wildman–Crippen LogP) is 2.94. The van der Waals surface area contributed by atoms with Gasteiger partial charge in [-0.05, 0) is 31.4 Å². The molecular weight excluding hydrogens is 236 g/mol. The fourth-order valence-electron chi connectivity index (χ4n) is 2.50. The van der Waals surface area contributed by atoms with Crippen molar-refractivity contribution in [2.75, 3.05) is 0 Å². The van der Waals surface area contributed by atoms with Crippen molar-refractivity contribution in [1.82, 2.24) is 9.78 Å². The lowest BCUT2D eigenvalue weighted by molar-refractivity contribution is 0.102. The fourth-order valence-corrected chi connectivity index (χ4v) is 2.50. The van der Waals surface area contributed by atoms with Gasteiger partial charge in [-0.25, -0.2) is 0 Å². The van der Waals surface area contributed by atoms with Crippen molar-refractivity contribution in [3.05, 3.63) is 58.4 Å². The second-order valence-electron chi connectivity index (χ2n) is 4.96. The second-order valence-corrected chi connectivity index (χ2v) is 4.96. The lowest BCUT2D eigenvalue weighted by Crippen LogP contribution is -2.13. The van der Waals surface area contributed by atoms with Crippen LogP contribution in [0.4, 0.5) is 0 Å². The van der Waals surface area contributed by atoms with Crippen LogP contribution in [0.5, 0.6) is 0 Å². The molecule has 2 aromatic rings. The molecule has 0 amide bonds. The van der Waals surface area contributed by atoms with E-state index in [-0.39, 0.29) is 5.78 Å². The standard InChI is InChI=1S/C16H16N2O/c1-11-14(10-17-18(11)2)9-13-8-7-12-5-3-4-6-15(12)16(13)19/h3-6,9-10H,7-8H2,1-2H3. The third-order valence-corrected chi connectivity index (χ3v) is 3.82. The third kappa shape index (κ3) is 2.01. The van der Waals surface area contributed by atoms with Crippen molar-refractivity contribution in [2.45, 2.75) is 19.8 Å². The third-order valence-electron chi connectivity index (χ3n) is 3.82. The minimum atomic E-state index is 0.158. The molecule has 0 N–H and O–H groups in total. The van der Waals surface area contributed by atoms with Crippen molar-refractivity contribution >= 4 is 11.9 Å². The lowest BCUT2D eigenvalue weighted by Gasteiger charge is -2.17. The van der Waals surface area contributed by atoms with E-state index in [1.165, 1.54) is 0 Å². The zero-order chi connectivity index (χ0) is 13.4. The minimum Gasteiger partial charge on any atom is -0.289 e. The summed E-state index contributed by atoms with van der Waals surface area (Å²) in [5.74, 6) is 0.158. The van der Waals surface area contributed by atoms with Gasteiger partial charge in [-0.1, -0.05) is 24.3 Å². The van der Waals surface area contributed by atoms with E-state index >= 15 is 0 Å². The Morgan fingerprint density at radius 3 is 2.79 bits per heavy atom. The highest BCUT2D eigenvalue weighted by Crippen LogP contribution is 2.26. The van der Waals surface area contributed by atoms with Gasteiger partial charge >= 0.3 is 0 Å². The van der Waals surface area contributed by atoms with Crippen molar-refractivity contribution in [1.29, 1.82) is 0 Å². The molecule has 1 aromatic carbocycles. The van der Waals surface area contributed by atoms with Gasteiger partial charge in [0.1, 0.15) is 0 Å². The van der Waals surface area contributed by atoms with Crippen LogP contribution in [-0.2, 0) is 13.5 Å². The van der Waals surface area contributed by atoms with E-state index in [1.54, 1.807) is 0 Å². The molecule has 1 aliphatic carbocycles. The van der Waals surface area contributed by atoms with Gasteiger partial charge in [0.15, 0.2) is 5.78 Å². The molecule has 0 saturated carbocycles. The minimum absolute atomic E-state index is 0.158. The van der Waals surface area contributed by atoms with E-state index in [4.69, 9.17) is 0 Å². The smallest absolute Gasteiger partial charge is 0.189 e. The number of benzene rings is 1. The van der Waals surface area contributed by atoms with E-state index in [0.717, 1.165) is 40.8 Å². The number of ketones is 1. The topological polar surface area (TPSA) is 34.9 Å². The summed E-state index contributed by atoms with van der Waals surface area (Å²) in [6.45, 7) is 2.01. The summed E-state index contributed by atoms with van der Waals surface area (Å²) in [7, 11) is 1.91. The van der Waals surface area contributed by atoms with Crippen molar-refractivity contribution in [3.8, 4) is 0 Å². The van der Waals surface area contributed by atoms with Gasteiger partial charge in [0.2, 0.25) is 0 Å². The summed E-state index contributed by atoms with van der Waals surface area (Å²) in [6, 6.07) is 7.88. The van der Waals surface area contributed by atoms with E-state index in [0.29, 0.717) is 0 Å². The Morgan fingerprint density at radius 2 is 2.05 bits per heavy atom. The second kappa shape index (κ2) is 4.50. The molecule has 1 aliphatic rings. The van der Waals surface area contributed by atoms with Gasteiger partial charge in [-0.15, -0.1) is 0 Å². The van der Waals surface area contributed by atoms with Gasteiger partial charge in [0.05, 0.1) is 6.20 Å². The van der Waals surface area contributed by atoms with Crippen molar-refractivity contribution < 1.29 is 4.79 Å². The van der Waals surface area contributed by atoms with Crippen LogP contribution in [0.25, 0.3) is 6.08 Å². The molecule has 0 atom stereocenters. The Labute approximate surface area is 112 Å². The molecule has 96 valence electrons. The summed E-state index contributed by atoms with van der Waals surface area (Å²) in [4.78, 5) is 12.4. The van der Waals surface area contributed by atoms with Crippen LogP contribution < -0.4 is 0 Å². The highest BCUT2D eigenvalue weighted by molar-refractivity contribution is 6.13. The van der Waals surface area contributed by atoms with E-state index in [9.17, 15) is 4.79 Å². The number of aryl methyl sites for hydroxylation is 2. The molecular formula is C16H16N2O. The molecule has 19 heavy (non-hydrogen) atoms. The van der Waals surface area contributed by atoms with Crippen molar-refractivity contribution in [2.24, 2.45) is 7.05 Å². The maximum atomic E-state index is 12.4. The SMILES string of the molecule is Cc1c(C=C2CCc3ccccc3C2=O)cnn1C.